The monoisotopic (exact) mass is 235 g/mol. The van der Waals surface area contributed by atoms with E-state index in [1.54, 1.807) is 0 Å². The van der Waals surface area contributed by atoms with Gasteiger partial charge in [0.25, 0.3) is 0 Å². The fourth-order valence-electron chi connectivity index (χ4n) is 1.79. The minimum absolute atomic E-state index is 0.00579. The van der Waals surface area contributed by atoms with Crippen molar-refractivity contribution in [1.29, 1.82) is 0 Å². The molecule has 15 heavy (non-hydrogen) atoms. The molecule has 0 aromatic carbocycles. The zero-order valence-electron chi connectivity index (χ0n) is 8.61. The number of hydrogen-bond acceptors (Lipinski definition) is 3. The molecule has 1 aliphatic carbocycles. The van der Waals surface area contributed by atoms with E-state index in [-0.39, 0.29) is 18.2 Å². The summed E-state index contributed by atoms with van der Waals surface area (Å²) in [4.78, 5) is 10.2. The number of rotatable bonds is 5. The van der Waals surface area contributed by atoms with Crippen molar-refractivity contribution >= 4 is 16.0 Å². The van der Waals surface area contributed by atoms with Crippen LogP contribution in [-0.2, 0) is 14.8 Å². The van der Waals surface area contributed by atoms with Crippen LogP contribution in [-0.4, -0.2) is 31.3 Å². The minimum atomic E-state index is -3.29. The number of aliphatic carboxylic acids is 1. The van der Waals surface area contributed by atoms with E-state index >= 15 is 0 Å². The summed E-state index contributed by atoms with van der Waals surface area (Å²) < 4.78 is 25.7. The smallest absolute Gasteiger partial charge is 0.304 e. The van der Waals surface area contributed by atoms with Crippen LogP contribution >= 0.6 is 0 Å². The molecule has 1 aliphatic rings. The lowest BCUT2D eigenvalue weighted by Crippen LogP contribution is -2.36. The Kier molecular flexibility index (Phi) is 4.53. The van der Waals surface area contributed by atoms with Crippen molar-refractivity contribution in [2.75, 3.05) is 6.54 Å². The van der Waals surface area contributed by atoms with Gasteiger partial charge in [0.2, 0.25) is 10.0 Å². The van der Waals surface area contributed by atoms with E-state index in [0.29, 0.717) is 12.8 Å². The maximum absolute atomic E-state index is 11.7. The second-order valence-electron chi connectivity index (χ2n) is 3.84. The van der Waals surface area contributed by atoms with Crippen LogP contribution in [0.5, 0.6) is 0 Å². The fraction of sp³-hybridized carbons (Fsp3) is 0.889. The highest BCUT2D eigenvalue weighted by Crippen LogP contribution is 2.22. The second-order valence-corrected chi connectivity index (χ2v) is 5.89. The molecule has 0 unspecified atom stereocenters. The van der Waals surface area contributed by atoms with Gasteiger partial charge in [-0.3, -0.25) is 4.79 Å². The summed E-state index contributed by atoms with van der Waals surface area (Å²) in [6, 6.07) is 0. The molecule has 0 atom stereocenters. The standard InChI is InChI=1S/C9H17NO4S/c11-9(12)6-7-10-15(13,14)8-4-2-1-3-5-8/h8,10H,1-7H2,(H,11,12). The summed E-state index contributed by atoms with van der Waals surface area (Å²) in [5.74, 6) is -0.985. The van der Waals surface area contributed by atoms with Crippen LogP contribution in [0.25, 0.3) is 0 Å². The molecule has 0 amide bonds. The molecule has 2 N–H and O–H groups in total. The number of carboxylic acids is 1. The van der Waals surface area contributed by atoms with Gasteiger partial charge in [0.1, 0.15) is 0 Å². The van der Waals surface area contributed by atoms with Crippen molar-refractivity contribution < 1.29 is 18.3 Å². The average molecular weight is 235 g/mol. The number of sulfonamides is 1. The molecule has 1 saturated carbocycles. The molecule has 0 radical (unpaired) electrons. The fourth-order valence-corrected chi connectivity index (χ4v) is 3.37. The van der Waals surface area contributed by atoms with Crippen LogP contribution in [0.3, 0.4) is 0 Å². The summed E-state index contributed by atoms with van der Waals surface area (Å²) in [6.45, 7) is -0.00579. The predicted octanol–water partition coefficient (Wildman–Crippen LogP) is 0.713. The third-order valence-corrected chi connectivity index (χ3v) is 4.59. The van der Waals surface area contributed by atoms with Crippen LogP contribution < -0.4 is 4.72 Å². The van der Waals surface area contributed by atoms with Crippen LogP contribution in [0, 0.1) is 0 Å². The Balaban J connectivity index is 2.40. The summed E-state index contributed by atoms with van der Waals surface area (Å²) >= 11 is 0. The van der Waals surface area contributed by atoms with Gasteiger partial charge in [-0.05, 0) is 12.8 Å². The van der Waals surface area contributed by atoms with E-state index in [2.05, 4.69) is 4.72 Å². The zero-order valence-corrected chi connectivity index (χ0v) is 9.42. The van der Waals surface area contributed by atoms with Crippen molar-refractivity contribution in [2.24, 2.45) is 0 Å². The maximum atomic E-state index is 11.7. The summed E-state index contributed by atoms with van der Waals surface area (Å²) in [5, 5.41) is 8.07. The first-order chi connectivity index (χ1) is 7.02. The van der Waals surface area contributed by atoms with Gasteiger partial charge in [0, 0.05) is 6.54 Å². The molecule has 0 aromatic heterocycles. The number of carboxylic acid groups (broad SMARTS) is 1. The SMILES string of the molecule is O=C(O)CCNS(=O)(=O)C1CCCCC1. The molecule has 1 fully saturated rings. The largest absolute Gasteiger partial charge is 0.481 e. The van der Waals surface area contributed by atoms with E-state index in [9.17, 15) is 13.2 Å². The number of carbonyl (C=O) groups is 1. The third-order valence-electron chi connectivity index (χ3n) is 2.63. The topological polar surface area (TPSA) is 83.5 Å². The van der Waals surface area contributed by atoms with E-state index in [4.69, 9.17) is 5.11 Å². The molecule has 88 valence electrons. The molecular formula is C9H17NO4S. The Morgan fingerprint density at radius 1 is 1.27 bits per heavy atom. The molecule has 1 rings (SSSR count). The van der Waals surface area contributed by atoms with Crippen molar-refractivity contribution in [2.45, 2.75) is 43.8 Å². The van der Waals surface area contributed by atoms with Gasteiger partial charge in [-0.2, -0.15) is 0 Å². The Morgan fingerprint density at radius 3 is 2.40 bits per heavy atom. The third kappa shape index (κ3) is 4.17. The highest BCUT2D eigenvalue weighted by atomic mass is 32.2. The number of hydrogen-bond donors (Lipinski definition) is 2. The second kappa shape index (κ2) is 5.46. The highest BCUT2D eigenvalue weighted by Gasteiger charge is 2.26. The van der Waals surface area contributed by atoms with Gasteiger partial charge in [0.15, 0.2) is 0 Å². The summed E-state index contributed by atoms with van der Waals surface area (Å²) in [5.41, 5.74) is 0. The van der Waals surface area contributed by atoms with Crippen LogP contribution in [0.15, 0.2) is 0 Å². The first-order valence-electron chi connectivity index (χ1n) is 5.22. The first-order valence-corrected chi connectivity index (χ1v) is 6.77. The van der Waals surface area contributed by atoms with Crippen LogP contribution in [0.2, 0.25) is 0 Å². The van der Waals surface area contributed by atoms with Crippen molar-refractivity contribution in [3.63, 3.8) is 0 Å². The lowest BCUT2D eigenvalue weighted by molar-refractivity contribution is -0.136. The Morgan fingerprint density at radius 2 is 1.87 bits per heavy atom. The van der Waals surface area contributed by atoms with Crippen molar-refractivity contribution in [1.82, 2.24) is 4.72 Å². The van der Waals surface area contributed by atoms with E-state index < -0.39 is 16.0 Å². The van der Waals surface area contributed by atoms with Crippen molar-refractivity contribution in [3.05, 3.63) is 0 Å². The zero-order chi connectivity index (χ0) is 11.3. The molecule has 0 spiro atoms. The summed E-state index contributed by atoms with van der Waals surface area (Å²) in [6.07, 6.45) is 4.23. The van der Waals surface area contributed by atoms with Gasteiger partial charge in [-0.25, -0.2) is 13.1 Å². The molecule has 5 nitrogen and oxygen atoms in total. The van der Waals surface area contributed by atoms with Gasteiger partial charge in [-0.1, -0.05) is 19.3 Å². The quantitative estimate of drug-likeness (QED) is 0.735. The summed E-state index contributed by atoms with van der Waals surface area (Å²) in [7, 11) is -3.29. The first kappa shape index (κ1) is 12.4. The van der Waals surface area contributed by atoms with Crippen LogP contribution in [0.1, 0.15) is 38.5 Å². The van der Waals surface area contributed by atoms with Crippen molar-refractivity contribution in [3.8, 4) is 0 Å². The van der Waals surface area contributed by atoms with Gasteiger partial charge in [-0.15, -0.1) is 0 Å². The molecule has 6 heteroatoms. The molecule has 0 aliphatic heterocycles. The molecule has 0 aromatic rings. The Bertz CT molecular complexity index is 306. The maximum Gasteiger partial charge on any atom is 0.304 e. The predicted molar refractivity (Wildman–Crippen MR) is 56.0 cm³/mol. The van der Waals surface area contributed by atoms with E-state index in [0.717, 1.165) is 19.3 Å². The lowest BCUT2D eigenvalue weighted by Gasteiger charge is -2.21. The highest BCUT2D eigenvalue weighted by molar-refractivity contribution is 7.90. The van der Waals surface area contributed by atoms with Gasteiger partial charge < -0.3 is 5.11 Å². The average Bonchev–Trinajstić information content (AvgIpc) is 2.18. The lowest BCUT2D eigenvalue weighted by atomic mass is 10.0. The molecule has 0 bridgehead atoms. The Hall–Kier alpha value is -0.620. The van der Waals surface area contributed by atoms with Gasteiger partial charge in [0.05, 0.1) is 11.7 Å². The van der Waals surface area contributed by atoms with Crippen LogP contribution in [0.4, 0.5) is 0 Å². The number of nitrogens with one attached hydrogen (secondary N) is 1. The molecule has 0 saturated heterocycles. The van der Waals surface area contributed by atoms with Gasteiger partial charge >= 0.3 is 5.97 Å². The van der Waals surface area contributed by atoms with E-state index in [1.165, 1.54) is 0 Å². The normalized spacial score (nSPS) is 18.9. The molecule has 0 heterocycles. The van der Waals surface area contributed by atoms with E-state index in [1.807, 2.05) is 0 Å². The Labute approximate surface area is 89.9 Å². The molecular weight excluding hydrogens is 218 g/mol. The minimum Gasteiger partial charge on any atom is -0.481 e.